The van der Waals surface area contributed by atoms with Crippen molar-refractivity contribution in [2.24, 2.45) is 0 Å². The Labute approximate surface area is 191 Å². The molecule has 0 saturated carbocycles. The smallest absolute Gasteiger partial charge is 0.355 e. The lowest BCUT2D eigenvalue weighted by atomic mass is 9.90. The lowest BCUT2D eigenvalue weighted by Crippen LogP contribution is -2.45. The summed E-state index contributed by atoms with van der Waals surface area (Å²) in [4.78, 5) is 15.8. The van der Waals surface area contributed by atoms with E-state index in [1.807, 2.05) is 24.1 Å². The molecule has 0 radical (unpaired) electrons. The molecule has 0 N–H and O–H groups in total. The summed E-state index contributed by atoms with van der Waals surface area (Å²) in [5.74, 6) is 1.11. The van der Waals surface area contributed by atoms with Crippen molar-refractivity contribution in [2.45, 2.75) is 37.5 Å². The molecule has 33 heavy (non-hydrogen) atoms. The van der Waals surface area contributed by atoms with Gasteiger partial charge in [-0.05, 0) is 57.6 Å². The molecular weight excluding hydrogens is 429 g/mol. The molecule has 6 nitrogen and oxygen atoms in total. The minimum atomic E-state index is -4.42. The number of pyridine rings is 2. The van der Waals surface area contributed by atoms with E-state index in [0.717, 1.165) is 62.2 Å². The summed E-state index contributed by atoms with van der Waals surface area (Å²) in [6.07, 6.45) is 1.43. The van der Waals surface area contributed by atoms with Crippen molar-refractivity contribution in [1.29, 1.82) is 0 Å². The van der Waals surface area contributed by atoms with Crippen LogP contribution in [0.3, 0.4) is 0 Å². The van der Waals surface area contributed by atoms with Crippen LogP contribution >= 0.6 is 0 Å². The Bertz CT molecular complexity index is 1120. The monoisotopic (exact) mass is 458 g/mol. The number of likely N-dealkylation sites (N-methyl/N-ethyl adjacent to an activating group) is 1. The zero-order valence-corrected chi connectivity index (χ0v) is 19.0. The summed E-state index contributed by atoms with van der Waals surface area (Å²) in [5.41, 5.74) is 1.23. The average molecular weight is 459 g/mol. The van der Waals surface area contributed by atoms with Gasteiger partial charge in [0.05, 0.1) is 29.0 Å². The van der Waals surface area contributed by atoms with Crippen molar-refractivity contribution >= 4 is 11.5 Å². The molecule has 2 aliphatic heterocycles. The summed E-state index contributed by atoms with van der Waals surface area (Å²) < 4.78 is 43.1. The molecule has 2 fully saturated rings. The number of fused-ring (bicyclic) bond motifs is 1. The molecule has 0 spiro atoms. The van der Waals surface area contributed by atoms with Crippen molar-refractivity contribution in [2.75, 3.05) is 45.2 Å². The molecule has 0 amide bonds. The third-order valence-corrected chi connectivity index (χ3v) is 7.06. The number of hydrogen-bond acceptors (Lipinski definition) is 5. The third kappa shape index (κ3) is 4.19. The van der Waals surface area contributed by atoms with Gasteiger partial charge in [-0.3, -0.25) is 14.3 Å². The van der Waals surface area contributed by atoms with Gasteiger partial charge in [0.2, 0.25) is 0 Å². The van der Waals surface area contributed by atoms with E-state index in [0.29, 0.717) is 6.42 Å². The Hall–Kier alpha value is -2.65. The van der Waals surface area contributed by atoms with Crippen LogP contribution in [0.25, 0.3) is 5.65 Å². The number of alkyl halides is 3. The summed E-state index contributed by atoms with van der Waals surface area (Å²) in [6.45, 7) is 3.93. The molecule has 2 saturated heterocycles. The highest BCUT2D eigenvalue weighted by atomic mass is 19.4. The van der Waals surface area contributed by atoms with Gasteiger partial charge in [0, 0.05) is 38.6 Å². The molecule has 5 heterocycles. The van der Waals surface area contributed by atoms with Crippen LogP contribution in [-0.2, 0) is 6.18 Å². The molecule has 2 aliphatic rings. The van der Waals surface area contributed by atoms with E-state index in [1.165, 1.54) is 12.3 Å². The minimum Gasteiger partial charge on any atom is -0.355 e. The standard InChI is InChI=1S/C24H29F3N6/c1-30-12-14-32(15-13-30)22-10-4-9-21-29-18(16-33(21)22)19-7-3-8-20(31(19)2)23-17(24(25,26)27)6-5-11-28-23/h4-6,9-11,16,19-20H,3,7-8,12-15H2,1-2H3. The van der Waals surface area contributed by atoms with Crippen molar-refractivity contribution in [1.82, 2.24) is 24.2 Å². The summed E-state index contributed by atoms with van der Waals surface area (Å²) in [7, 11) is 4.03. The number of hydrogen-bond donors (Lipinski definition) is 0. The number of anilines is 1. The number of piperazine rings is 1. The topological polar surface area (TPSA) is 39.9 Å². The molecule has 3 aromatic heterocycles. The molecule has 2 unspecified atom stereocenters. The van der Waals surface area contributed by atoms with E-state index in [4.69, 9.17) is 4.98 Å². The van der Waals surface area contributed by atoms with E-state index in [-0.39, 0.29) is 11.7 Å². The number of aromatic nitrogens is 3. The molecule has 0 aromatic carbocycles. The van der Waals surface area contributed by atoms with Gasteiger partial charge in [0.25, 0.3) is 0 Å². The molecule has 3 aromatic rings. The van der Waals surface area contributed by atoms with Gasteiger partial charge in [0.1, 0.15) is 11.5 Å². The first-order valence-electron chi connectivity index (χ1n) is 11.5. The van der Waals surface area contributed by atoms with Crippen LogP contribution in [-0.4, -0.2) is 64.4 Å². The first-order valence-corrected chi connectivity index (χ1v) is 11.5. The normalized spacial score (nSPS) is 23.4. The Morgan fingerprint density at radius 1 is 0.939 bits per heavy atom. The van der Waals surface area contributed by atoms with Gasteiger partial charge >= 0.3 is 6.18 Å². The Balaban J connectivity index is 1.46. The number of nitrogens with zero attached hydrogens (tertiary/aromatic N) is 6. The van der Waals surface area contributed by atoms with Crippen LogP contribution in [0.2, 0.25) is 0 Å². The number of halogens is 3. The summed E-state index contributed by atoms with van der Waals surface area (Å²) >= 11 is 0. The molecule has 176 valence electrons. The van der Waals surface area contributed by atoms with E-state index in [1.54, 1.807) is 0 Å². The van der Waals surface area contributed by atoms with Crippen molar-refractivity contribution in [3.05, 3.63) is 59.7 Å². The van der Waals surface area contributed by atoms with Crippen molar-refractivity contribution < 1.29 is 13.2 Å². The maximum Gasteiger partial charge on any atom is 0.418 e. The molecule has 2 atom stereocenters. The quantitative estimate of drug-likeness (QED) is 0.582. The first kappa shape index (κ1) is 22.2. The lowest BCUT2D eigenvalue weighted by Gasteiger charge is -2.39. The number of rotatable bonds is 3. The minimum absolute atomic E-state index is 0.0629. The van der Waals surface area contributed by atoms with E-state index >= 15 is 0 Å². The summed E-state index contributed by atoms with van der Waals surface area (Å²) in [6, 6.07) is 8.15. The molecule has 0 bridgehead atoms. The fourth-order valence-corrected chi connectivity index (χ4v) is 5.21. The van der Waals surface area contributed by atoms with Gasteiger partial charge < -0.3 is 9.80 Å². The van der Waals surface area contributed by atoms with Crippen LogP contribution in [0.4, 0.5) is 19.0 Å². The number of likely N-dealkylation sites (tertiary alicyclic amines) is 1. The van der Waals surface area contributed by atoms with Crippen LogP contribution in [0.5, 0.6) is 0 Å². The molecular formula is C24H29F3N6. The second kappa shape index (κ2) is 8.61. The van der Waals surface area contributed by atoms with Crippen LogP contribution < -0.4 is 4.90 Å². The fourth-order valence-electron chi connectivity index (χ4n) is 5.21. The van der Waals surface area contributed by atoms with Gasteiger partial charge in [-0.15, -0.1) is 0 Å². The lowest BCUT2D eigenvalue weighted by molar-refractivity contribution is -0.139. The van der Waals surface area contributed by atoms with Gasteiger partial charge in [0.15, 0.2) is 0 Å². The highest BCUT2D eigenvalue weighted by molar-refractivity contribution is 5.53. The molecule has 9 heteroatoms. The fraction of sp³-hybridized carbons (Fsp3) is 0.500. The van der Waals surface area contributed by atoms with Crippen molar-refractivity contribution in [3.8, 4) is 0 Å². The zero-order chi connectivity index (χ0) is 23.2. The average Bonchev–Trinajstić information content (AvgIpc) is 3.23. The maximum absolute atomic E-state index is 13.7. The van der Waals surface area contributed by atoms with Crippen molar-refractivity contribution in [3.63, 3.8) is 0 Å². The van der Waals surface area contributed by atoms with Crippen LogP contribution in [0.15, 0.2) is 42.7 Å². The second-order valence-corrected chi connectivity index (χ2v) is 9.13. The Kier molecular flexibility index (Phi) is 5.78. The maximum atomic E-state index is 13.7. The second-order valence-electron chi connectivity index (χ2n) is 9.13. The van der Waals surface area contributed by atoms with Crippen LogP contribution in [0, 0.1) is 0 Å². The third-order valence-electron chi connectivity index (χ3n) is 7.06. The van der Waals surface area contributed by atoms with Gasteiger partial charge in [-0.1, -0.05) is 6.07 Å². The number of imidazole rings is 1. The largest absolute Gasteiger partial charge is 0.418 e. The predicted molar refractivity (Wildman–Crippen MR) is 121 cm³/mol. The van der Waals surface area contributed by atoms with E-state index in [2.05, 4.69) is 38.5 Å². The predicted octanol–water partition coefficient (Wildman–Crippen LogP) is 4.40. The Morgan fingerprint density at radius 2 is 1.70 bits per heavy atom. The molecule has 0 aliphatic carbocycles. The van der Waals surface area contributed by atoms with E-state index in [9.17, 15) is 13.2 Å². The SMILES string of the molecule is CN1CCN(c2cccc3nc(C4CCCC(c5ncccc5C(F)(F)F)N4C)cn23)CC1. The first-order chi connectivity index (χ1) is 15.8. The Morgan fingerprint density at radius 3 is 2.45 bits per heavy atom. The zero-order valence-electron chi connectivity index (χ0n) is 19.0. The number of piperidine rings is 1. The summed E-state index contributed by atoms with van der Waals surface area (Å²) in [5, 5.41) is 0. The highest BCUT2D eigenvalue weighted by Crippen LogP contribution is 2.43. The van der Waals surface area contributed by atoms with E-state index < -0.39 is 17.8 Å². The molecule has 5 rings (SSSR count). The van der Waals surface area contributed by atoms with Crippen LogP contribution in [0.1, 0.15) is 48.3 Å². The highest BCUT2D eigenvalue weighted by Gasteiger charge is 2.40. The van der Waals surface area contributed by atoms with Gasteiger partial charge in [-0.25, -0.2) is 4.98 Å². The van der Waals surface area contributed by atoms with Gasteiger partial charge in [-0.2, -0.15) is 13.2 Å².